The molecule has 1 amide bonds. The van der Waals surface area contributed by atoms with Gasteiger partial charge in [0.25, 0.3) is 0 Å². The van der Waals surface area contributed by atoms with Crippen LogP contribution >= 0.6 is 0 Å². The lowest BCUT2D eigenvalue weighted by Crippen LogP contribution is -2.23. The molecule has 0 aliphatic carbocycles. The lowest BCUT2D eigenvalue weighted by Gasteiger charge is -2.07. The molecule has 0 saturated carbocycles. The van der Waals surface area contributed by atoms with Crippen LogP contribution in [0.25, 0.3) is 0 Å². The van der Waals surface area contributed by atoms with Crippen LogP contribution in [0.1, 0.15) is 6.92 Å². The molecule has 0 unspecified atom stereocenters. The summed E-state index contributed by atoms with van der Waals surface area (Å²) in [5.74, 6) is 4.55. The predicted octanol–water partition coefficient (Wildman–Crippen LogP) is 0.586. The lowest BCUT2D eigenvalue weighted by molar-refractivity contribution is -0.161. The van der Waals surface area contributed by atoms with Crippen molar-refractivity contribution >= 4 is 5.91 Å². The van der Waals surface area contributed by atoms with Crippen LogP contribution in [0.4, 0.5) is 0 Å². The Hall–Kier alpha value is -1.27. The van der Waals surface area contributed by atoms with E-state index in [-0.39, 0.29) is 5.91 Å². The van der Waals surface area contributed by atoms with Gasteiger partial charge in [0.2, 0.25) is 0 Å². The van der Waals surface area contributed by atoms with Gasteiger partial charge in [-0.05, 0) is 13.0 Å². The first-order valence-electron chi connectivity index (χ1n) is 3.17. The van der Waals surface area contributed by atoms with E-state index >= 15 is 0 Å². The zero-order chi connectivity index (χ0) is 8.69. The number of allylic oxidation sites excluding steroid dienone is 2. The molecule has 0 atom stereocenters. The van der Waals surface area contributed by atoms with Crippen molar-refractivity contribution in [1.29, 1.82) is 0 Å². The molecule has 0 fully saturated rings. The van der Waals surface area contributed by atoms with Gasteiger partial charge in [0.1, 0.15) is 0 Å². The van der Waals surface area contributed by atoms with E-state index in [9.17, 15) is 4.79 Å². The second-order valence-corrected chi connectivity index (χ2v) is 1.75. The molecule has 0 radical (unpaired) electrons. The maximum Gasteiger partial charge on any atom is 0.322 e. The van der Waals surface area contributed by atoms with Crippen molar-refractivity contribution in [1.82, 2.24) is 5.06 Å². The van der Waals surface area contributed by atoms with Crippen LogP contribution in [-0.2, 0) is 9.63 Å². The first-order valence-corrected chi connectivity index (χ1v) is 3.17. The molecular weight excluding hydrogens is 142 g/mol. The van der Waals surface area contributed by atoms with Crippen molar-refractivity contribution in [3.63, 3.8) is 0 Å². The number of rotatable bonds is 1. The van der Waals surface area contributed by atoms with Crippen molar-refractivity contribution in [2.45, 2.75) is 6.92 Å². The van der Waals surface area contributed by atoms with E-state index in [4.69, 9.17) is 0 Å². The van der Waals surface area contributed by atoms with Crippen LogP contribution in [0.2, 0.25) is 0 Å². The van der Waals surface area contributed by atoms with Gasteiger partial charge in [0.05, 0.1) is 7.11 Å². The van der Waals surface area contributed by atoms with E-state index in [2.05, 4.69) is 16.7 Å². The van der Waals surface area contributed by atoms with Gasteiger partial charge in [-0.1, -0.05) is 12.0 Å². The minimum atomic E-state index is -0.356. The highest BCUT2D eigenvalue weighted by molar-refractivity contribution is 5.92. The Morgan fingerprint density at radius 2 is 2.27 bits per heavy atom. The third-order valence-electron chi connectivity index (χ3n) is 0.989. The Balaban J connectivity index is 3.99. The Bertz CT molecular complexity index is 210. The number of nitrogens with zero attached hydrogens (tertiary/aromatic N) is 1. The van der Waals surface area contributed by atoms with Gasteiger partial charge in [-0.2, -0.15) is 0 Å². The van der Waals surface area contributed by atoms with Crippen LogP contribution in [0, 0.1) is 11.8 Å². The molecule has 3 nitrogen and oxygen atoms in total. The molecule has 0 aromatic carbocycles. The van der Waals surface area contributed by atoms with Gasteiger partial charge in [0, 0.05) is 13.0 Å². The summed E-state index contributed by atoms with van der Waals surface area (Å²) in [4.78, 5) is 15.4. The van der Waals surface area contributed by atoms with E-state index in [0.717, 1.165) is 5.06 Å². The van der Waals surface area contributed by atoms with Gasteiger partial charge in [0.15, 0.2) is 0 Å². The van der Waals surface area contributed by atoms with E-state index in [1.54, 1.807) is 12.2 Å². The number of amides is 1. The van der Waals surface area contributed by atoms with E-state index < -0.39 is 0 Å². The fourth-order valence-electron chi connectivity index (χ4n) is 0.348. The molecule has 0 heterocycles. The first kappa shape index (κ1) is 9.73. The SMILES string of the molecule is C/C=C/C#CC(=O)N(C)OC. The second kappa shape index (κ2) is 5.51. The molecule has 0 N–H and O–H groups in total. The van der Waals surface area contributed by atoms with Crippen LogP contribution in [0.15, 0.2) is 12.2 Å². The van der Waals surface area contributed by atoms with Crippen LogP contribution < -0.4 is 0 Å². The monoisotopic (exact) mass is 153 g/mol. The topological polar surface area (TPSA) is 29.5 Å². The Morgan fingerprint density at radius 1 is 1.64 bits per heavy atom. The summed E-state index contributed by atoms with van der Waals surface area (Å²) in [6.45, 7) is 1.83. The largest absolute Gasteiger partial charge is 0.322 e. The summed E-state index contributed by atoms with van der Waals surface area (Å²) in [5, 5.41) is 1.07. The molecule has 0 aliphatic rings. The Labute approximate surface area is 66.6 Å². The zero-order valence-electron chi connectivity index (χ0n) is 6.92. The van der Waals surface area contributed by atoms with Gasteiger partial charge in [-0.25, -0.2) is 5.06 Å². The van der Waals surface area contributed by atoms with Gasteiger partial charge in [-0.15, -0.1) is 0 Å². The average Bonchev–Trinajstić information content (AvgIpc) is 2.03. The summed E-state index contributed by atoms with van der Waals surface area (Å²) in [6.07, 6.45) is 3.36. The highest BCUT2D eigenvalue weighted by atomic mass is 16.7. The summed E-state index contributed by atoms with van der Waals surface area (Å²) in [7, 11) is 2.92. The predicted molar refractivity (Wildman–Crippen MR) is 42.4 cm³/mol. The van der Waals surface area contributed by atoms with E-state index in [1.807, 2.05) is 6.92 Å². The fraction of sp³-hybridized carbons (Fsp3) is 0.375. The smallest absolute Gasteiger partial charge is 0.274 e. The molecule has 0 spiro atoms. The molecular formula is C8H11NO2. The number of hydroxylamine groups is 2. The van der Waals surface area contributed by atoms with Gasteiger partial charge < -0.3 is 0 Å². The quantitative estimate of drug-likeness (QED) is 0.407. The standard InChI is InChI=1S/C8H11NO2/c1-4-5-6-7-8(10)9(2)11-3/h4-5H,1-3H3/b5-4+. The van der Waals surface area contributed by atoms with Gasteiger partial charge >= 0.3 is 5.91 Å². The summed E-state index contributed by atoms with van der Waals surface area (Å²) in [5.41, 5.74) is 0. The molecule has 0 aromatic heterocycles. The summed E-state index contributed by atoms with van der Waals surface area (Å²) in [6, 6.07) is 0. The normalized spacial score (nSPS) is 9.00. The van der Waals surface area contributed by atoms with Crippen molar-refractivity contribution in [3.05, 3.63) is 12.2 Å². The van der Waals surface area contributed by atoms with Crippen molar-refractivity contribution in [2.75, 3.05) is 14.2 Å². The maximum absolute atomic E-state index is 10.8. The second-order valence-electron chi connectivity index (χ2n) is 1.75. The molecule has 0 saturated heterocycles. The maximum atomic E-state index is 10.8. The van der Waals surface area contributed by atoms with E-state index in [0.29, 0.717) is 0 Å². The molecule has 0 aliphatic heterocycles. The number of hydrogen-bond donors (Lipinski definition) is 0. The first-order chi connectivity index (χ1) is 5.22. The zero-order valence-corrected chi connectivity index (χ0v) is 6.92. The summed E-state index contributed by atoms with van der Waals surface area (Å²) >= 11 is 0. The van der Waals surface area contributed by atoms with E-state index in [1.165, 1.54) is 14.2 Å². The minimum Gasteiger partial charge on any atom is -0.274 e. The minimum absolute atomic E-state index is 0.356. The molecule has 11 heavy (non-hydrogen) atoms. The van der Waals surface area contributed by atoms with Crippen molar-refractivity contribution in [2.24, 2.45) is 0 Å². The van der Waals surface area contributed by atoms with Crippen LogP contribution in [-0.4, -0.2) is 25.1 Å². The summed E-state index contributed by atoms with van der Waals surface area (Å²) < 4.78 is 0. The average molecular weight is 153 g/mol. The number of hydrogen-bond acceptors (Lipinski definition) is 2. The highest BCUT2D eigenvalue weighted by Gasteiger charge is 2.00. The molecule has 3 heteroatoms. The molecule has 0 aromatic rings. The van der Waals surface area contributed by atoms with Crippen LogP contribution in [0.5, 0.6) is 0 Å². The van der Waals surface area contributed by atoms with Crippen molar-refractivity contribution in [3.8, 4) is 11.8 Å². The lowest BCUT2D eigenvalue weighted by atomic mass is 10.5. The third kappa shape index (κ3) is 4.18. The molecule has 0 bridgehead atoms. The van der Waals surface area contributed by atoms with Crippen LogP contribution in [0.3, 0.4) is 0 Å². The third-order valence-corrected chi connectivity index (χ3v) is 0.989. The Morgan fingerprint density at radius 3 is 2.73 bits per heavy atom. The number of carbonyl (C=O) groups is 1. The molecule has 60 valence electrons. The van der Waals surface area contributed by atoms with Gasteiger partial charge in [-0.3, -0.25) is 9.63 Å². The molecule has 0 rings (SSSR count). The fourth-order valence-corrected chi connectivity index (χ4v) is 0.348. The number of carbonyl (C=O) groups excluding carboxylic acids is 1. The Kier molecular flexibility index (Phi) is 4.87. The van der Waals surface area contributed by atoms with Crippen molar-refractivity contribution < 1.29 is 9.63 Å². The highest BCUT2D eigenvalue weighted by Crippen LogP contribution is 1.80.